The quantitative estimate of drug-likeness (QED) is 0.445. The van der Waals surface area contributed by atoms with Crippen LogP contribution in [0.4, 0.5) is 11.4 Å². The number of hydrogen-bond acceptors (Lipinski definition) is 6. The summed E-state index contributed by atoms with van der Waals surface area (Å²) in [6.07, 6.45) is 0. The molecule has 0 atom stereocenters. The van der Waals surface area contributed by atoms with Crippen LogP contribution in [-0.4, -0.2) is 55.1 Å². The van der Waals surface area contributed by atoms with Gasteiger partial charge >= 0.3 is 0 Å². The largest absolute Gasteiger partial charge is 0.496 e. The number of hydrogen-bond donors (Lipinski definition) is 2. The third-order valence-electron chi connectivity index (χ3n) is 5.42. The van der Waals surface area contributed by atoms with Crippen molar-refractivity contribution in [3.63, 3.8) is 0 Å². The van der Waals surface area contributed by atoms with Crippen LogP contribution in [0.15, 0.2) is 64.5 Å². The maximum absolute atomic E-state index is 12.6. The summed E-state index contributed by atoms with van der Waals surface area (Å²) in [6.45, 7) is 2.91. The van der Waals surface area contributed by atoms with E-state index in [-0.39, 0.29) is 16.9 Å². The fourth-order valence-corrected chi connectivity index (χ4v) is 4.93. The topological polar surface area (TPSA) is 73.9 Å². The standard InChI is InChI=1S/C24H23BrN4O3S2/c1-32-20-9-4-16(25)15-19(20)22(30)27-24(33)26-17-5-7-18(8-6-17)28-10-12-29(13-11-28)23(31)21-3-2-14-34-21/h2-9,14-15H,10-13H2,1H3,(H2,26,27,30,33). The van der Waals surface area contributed by atoms with Crippen LogP contribution in [0.2, 0.25) is 0 Å². The number of ether oxygens (including phenoxy) is 1. The van der Waals surface area contributed by atoms with E-state index in [1.165, 1.54) is 18.4 Å². The van der Waals surface area contributed by atoms with Crippen molar-refractivity contribution in [3.8, 4) is 5.75 Å². The number of benzene rings is 2. The molecule has 1 aromatic heterocycles. The monoisotopic (exact) mass is 558 g/mol. The lowest BCUT2D eigenvalue weighted by Crippen LogP contribution is -2.48. The zero-order valence-electron chi connectivity index (χ0n) is 18.4. The molecule has 0 unspecified atom stereocenters. The summed E-state index contributed by atoms with van der Waals surface area (Å²) in [6, 6.07) is 16.8. The van der Waals surface area contributed by atoms with E-state index in [2.05, 4.69) is 31.5 Å². The molecule has 2 heterocycles. The van der Waals surface area contributed by atoms with Crippen LogP contribution in [0.3, 0.4) is 0 Å². The zero-order valence-corrected chi connectivity index (χ0v) is 21.6. The number of carbonyl (C=O) groups is 2. The SMILES string of the molecule is COc1ccc(Br)cc1C(=O)NC(=S)Nc1ccc(N2CCN(C(=O)c3cccs3)CC2)cc1. The first kappa shape index (κ1) is 24.2. The fourth-order valence-electron chi connectivity index (χ4n) is 3.67. The van der Waals surface area contributed by atoms with Crippen LogP contribution < -0.4 is 20.3 Å². The van der Waals surface area contributed by atoms with Crippen molar-refractivity contribution in [1.82, 2.24) is 10.2 Å². The summed E-state index contributed by atoms with van der Waals surface area (Å²) in [4.78, 5) is 30.1. The number of carbonyl (C=O) groups excluding carboxylic acids is 2. The molecule has 0 bridgehead atoms. The molecule has 1 aliphatic rings. The molecule has 1 fully saturated rings. The predicted octanol–water partition coefficient (Wildman–Crippen LogP) is 4.61. The Balaban J connectivity index is 1.30. The number of piperazine rings is 1. The highest BCUT2D eigenvalue weighted by Crippen LogP contribution is 2.23. The van der Waals surface area contributed by atoms with Crippen LogP contribution >= 0.6 is 39.5 Å². The van der Waals surface area contributed by atoms with E-state index in [1.807, 2.05) is 46.7 Å². The van der Waals surface area contributed by atoms with Crippen molar-refractivity contribution in [2.75, 3.05) is 43.5 Å². The van der Waals surface area contributed by atoms with E-state index in [9.17, 15) is 9.59 Å². The minimum atomic E-state index is -0.359. The first-order valence-corrected chi connectivity index (χ1v) is 12.7. The van der Waals surface area contributed by atoms with E-state index < -0.39 is 0 Å². The third kappa shape index (κ3) is 5.75. The molecule has 0 aliphatic carbocycles. The average molecular weight is 560 g/mol. The Hall–Kier alpha value is -2.95. The molecule has 0 saturated carbocycles. The lowest BCUT2D eigenvalue weighted by molar-refractivity contribution is 0.0751. The molecule has 2 amide bonds. The molecular formula is C24H23BrN4O3S2. The van der Waals surface area contributed by atoms with Gasteiger partial charge in [-0.1, -0.05) is 22.0 Å². The van der Waals surface area contributed by atoms with Gasteiger partial charge in [0.25, 0.3) is 11.8 Å². The number of thiocarbonyl (C=S) groups is 1. The number of thiophene rings is 1. The van der Waals surface area contributed by atoms with Crippen LogP contribution in [-0.2, 0) is 0 Å². The Morgan fingerprint density at radius 3 is 2.44 bits per heavy atom. The molecule has 4 rings (SSSR count). The molecule has 10 heteroatoms. The number of nitrogens with zero attached hydrogens (tertiary/aromatic N) is 2. The molecule has 2 aromatic carbocycles. The predicted molar refractivity (Wildman–Crippen MR) is 143 cm³/mol. The van der Waals surface area contributed by atoms with Crippen molar-refractivity contribution in [2.24, 2.45) is 0 Å². The Labute approximate surface area is 215 Å². The Bertz CT molecular complexity index is 1180. The van der Waals surface area contributed by atoms with Gasteiger partial charge in [-0.15, -0.1) is 11.3 Å². The number of halogens is 1. The first-order valence-electron chi connectivity index (χ1n) is 10.6. The molecule has 34 heavy (non-hydrogen) atoms. The summed E-state index contributed by atoms with van der Waals surface area (Å²) in [7, 11) is 1.51. The molecule has 2 N–H and O–H groups in total. The summed E-state index contributed by atoms with van der Waals surface area (Å²) >= 11 is 10.2. The summed E-state index contributed by atoms with van der Waals surface area (Å²) in [5.74, 6) is 0.206. The zero-order chi connectivity index (χ0) is 24.1. The van der Waals surface area contributed by atoms with Gasteiger partial charge in [-0.05, 0) is 66.1 Å². The van der Waals surface area contributed by atoms with Gasteiger partial charge in [0, 0.05) is 42.0 Å². The van der Waals surface area contributed by atoms with E-state index >= 15 is 0 Å². The van der Waals surface area contributed by atoms with Crippen molar-refractivity contribution >= 4 is 67.8 Å². The molecule has 3 aromatic rings. The Morgan fingerprint density at radius 2 is 1.79 bits per heavy atom. The lowest BCUT2D eigenvalue weighted by Gasteiger charge is -2.36. The van der Waals surface area contributed by atoms with Crippen LogP contribution in [0.5, 0.6) is 5.75 Å². The van der Waals surface area contributed by atoms with Gasteiger partial charge in [0.15, 0.2) is 5.11 Å². The second-order valence-electron chi connectivity index (χ2n) is 7.56. The van der Waals surface area contributed by atoms with E-state index in [0.29, 0.717) is 24.4 Å². The number of nitrogens with one attached hydrogen (secondary N) is 2. The minimum absolute atomic E-state index is 0.102. The van der Waals surface area contributed by atoms with Crippen molar-refractivity contribution < 1.29 is 14.3 Å². The van der Waals surface area contributed by atoms with Gasteiger partial charge in [0.1, 0.15) is 5.75 Å². The highest BCUT2D eigenvalue weighted by molar-refractivity contribution is 9.10. The molecule has 176 valence electrons. The minimum Gasteiger partial charge on any atom is -0.496 e. The van der Waals surface area contributed by atoms with Gasteiger partial charge in [0.2, 0.25) is 0 Å². The molecule has 1 saturated heterocycles. The van der Waals surface area contributed by atoms with Crippen LogP contribution in [0.1, 0.15) is 20.0 Å². The lowest BCUT2D eigenvalue weighted by atomic mass is 10.2. The van der Waals surface area contributed by atoms with Gasteiger partial charge in [-0.2, -0.15) is 0 Å². The fraction of sp³-hybridized carbons (Fsp3) is 0.208. The van der Waals surface area contributed by atoms with Gasteiger partial charge in [-0.25, -0.2) is 0 Å². The number of anilines is 2. The van der Waals surface area contributed by atoms with Crippen molar-refractivity contribution in [3.05, 3.63) is 74.9 Å². The molecule has 0 radical (unpaired) electrons. The van der Waals surface area contributed by atoms with E-state index in [0.717, 1.165) is 33.8 Å². The molecule has 0 spiro atoms. The van der Waals surface area contributed by atoms with Gasteiger partial charge in [-0.3, -0.25) is 14.9 Å². The summed E-state index contributed by atoms with van der Waals surface area (Å²) < 4.78 is 6.03. The van der Waals surface area contributed by atoms with Crippen molar-refractivity contribution in [1.29, 1.82) is 0 Å². The molecule has 1 aliphatic heterocycles. The van der Waals surface area contributed by atoms with Gasteiger partial charge < -0.3 is 19.9 Å². The van der Waals surface area contributed by atoms with Crippen LogP contribution in [0.25, 0.3) is 0 Å². The number of amides is 2. The molecular weight excluding hydrogens is 536 g/mol. The number of rotatable bonds is 5. The highest BCUT2D eigenvalue weighted by Gasteiger charge is 2.23. The summed E-state index contributed by atoms with van der Waals surface area (Å²) in [5.41, 5.74) is 2.22. The van der Waals surface area contributed by atoms with E-state index in [1.54, 1.807) is 18.2 Å². The first-order chi connectivity index (χ1) is 16.4. The Kier molecular flexibility index (Phi) is 7.81. The Morgan fingerprint density at radius 1 is 1.06 bits per heavy atom. The van der Waals surface area contributed by atoms with Crippen LogP contribution in [0, 0.1) is 0 Å². The summed E-state index contributed by atoms with van der Waals surface area (Å²) in [5, 5.41) is 7.84. The normalized spacial score (nSPS) is 13.4. The maximum atomic E-state index is 12.6. The van der Waals surface area contributed by atoms with Gasteiger partial charge in [0.05, 0.1) is 17.6 Å². The smallest absolute Gasteiger partial charge is 0.264 e. The number of methoxy groups -OCH3 is 1. The van der Waals surface area contributed by atoms with Crippen molar-refractivity contribution in [2.45, 2.75) is 0 Å². The molecule has 7 nitrogen and oxygen atoms in total. The average Bonchev–Trinajstić information content (AvgIpc) is 3.39. The maximum Gasteiger partial charge on any atom is 0.264 e. The second-order valence-corrected chi connectivity index (χ2v) is 9.83. The third-order valence-corrected chi connectivity index (χ3v) is 6.98. The second kappa shape index (κ2) is 11.0. The highest BCUT2D eigenvalue weighted by atomic mass is 79.9. The van der Waals surface area contributed by atoms with E-state index in [4.69, 9.17) is 17.0 Å².